The summed E-state index contributed by atoms with van der Waals surface area (Å²) in [4.78, 5) is 0. The van der Waals surface area contributed by atoms with Gasteiger partial charge in [0.15, 0.2) is 0 Å². The lowest BCUT2D eigenvalue weighted by molar-refractivity contribution is 0.585. The number of fused-ring (bicyclic) bond motifs is 1. The number of rotatable bonds is 1. The first kappa shape index (κ1) is 12.3. The Bertz CT molecular complexity index is 635. The SMILES string of the molecule is Cc1ccc(-c2ccc(F)cc2F)c2c1CCNC2. The molecule has 19 heavy (non-hydrogen) atoms. The van der Waals surface area contributed by atoms with Gasteiger partial charge in [-0.15, -0.1) is 0 Å². The second-order valence-electron chi connectivity index (χ2n) is 4.94. The van der Waals surface area contributed by atoms with Gasteiger partial charge in [-0.1, -0.05) is 12.1 Å². The standard InChI is InChI=1S/C16H15F2N/c1-10-2-4-13(15-9-19-7-6-12(10)15)14-5-3-11(17)8-16(14)18/h2-5,8,19H,6-7,9H2,1H3. The van der Waals surface area contributed by atoms with E-state index in [1.54, 1.807) is 0 Å². The first-order valence-corrected chi connectivity index (χ1v) is 6.44. The van der Waals surface area contributed by atoms with Crippen LogP contribution in [-0.2, 0) is 13.0 Å². The van der Waals surface area contributed by atoms with Gasteiger partial charge < -0.3 is 5.32 Å². The van der Waals surface area contributed by atoms with E-state index in [0.717, 1.165) is 36.7 Å². The van der Waals surface area contributed by atoms with Crippen molar-refractivity contribution in [2.45, 2.75) is 19.9 Å². The van der Waals surface area contributed by atoms with Crippen LogP contribution in [0.2, 0.25) is 0 Å². The Hall–Kier alpha value is -1.74. The summed E-state index contributed by atoms with van der Waals surface area (Å²) in [5, 5.41) is 3.31. The molecule has 0 spiro atoms. The number of hydrogen-bond donors (Lipinski definition) is 1. The molecule has 0 unspecified atom stereocenters. The smallest absolute Gasteiger partial charge is 0.133 e. The van der Waals surface area contributed by atoms with Crippen molar-refractivity contribution in [1.82, 2.24) is 5.32 Å². The van der Waals surface area contributed by atoms with Gasteiger partial charge in [-0.3, -0.25) is 0 Å². The normalized spacial score (nSPS) is 14.3. The van der Waals surface area contributed by atoms with E-state index in [1.807, 2.05) is 12.1 Å². The average Bonchev–Trinajstić information content (AvgIpc) is 2.41. The number of aryl methyl sites for hydroxylation is 1. The van der Waals surface area contributed by atoms with Crippen molar-refractivity contribution in [3.8, 4) is 11.1 Å². The number of halogens is 2. The lowest BCUT2D eigenvalue weighted by Crippen LogP contribution is -2.25. The van der Waals surface area contributed by atoms with Crippen molar-refractivity contribution in [1.29, 1.82) is 0 Å². The first-order valence-electron chi connectivity index (χ1n) is 6.44. The van der Waals surface area contributed by atoms with Crippen LogP contribution in [0.3, 0.4) is 0 Å². The van der Waals surface area contributed by atoms with E-state index in [2.05, 4.69) is 12.2 Å². The Labute approximate surface area is 111 Å². The third kappa shape index (κ3) is 2.15. The maximum atomic E-state index is 13.9. The summed E-state index contributed by atoms with van der Waals surface area (Å²) in [6, 6.07) is 7.71. The molecule has 1 N–H and O–H groups in total. The molecule has 0 radical (unpaired) electrons. The summed E-state index contributed by atoms with van der Waals surface area (Å²) < 4.78 is 27.0. The fourth-order valence-electron chi connectivity index (χ4n) is 2.75. The van der Waals surface area contributed by atoms with Crippen LogP contribution in [0.15, 0.2) is 30.3 Å². The lowest BCUT2D eigenvalue weighted by Gasteiger charge is -2.23. The topological polar surface area (TPSA) is 12.0 Å². The molecule has 3 heteroatoms. The van der Waals surface area contributed by atoms with Crippen LogP contribution in [0.5, 0.6) is 0 Å². The van der Waals surface area contributed by atoms with Crippen molar-refractivity contribution in [3.63, 3.8) is 0 Å². The van der Waals surface area contributed by atoms with Gasteiger partial charge in [0.2, 0.25) is 0 Å². The van der Waals surface area contributed by atoms with Gasteiger partial charge in [0.05, 0.1) is 0 Å². The van der Waals surface area contributed by atoms with Gasteiger partial charge in [0.25, 0.3) is 0 Å². The minimum atomic E-state index is -0.541. The van der Waals surface area contributed by atoms with Gasteiger partial charge >= 0.3 is 0 Å². The molecule has 0 fully saturated rings. The molecule has 1 heterocycles. The van der Waals surface area contributed by atoms with E-state index in [4.69, 9.17) is 0 Å². The summed E-state index contributed by atoms with van der Waals surface area (Å²) in [6.07, 6.45) is 0.956. The monoisotopic (exact) mass is 259 g/mol. The molecular weight excluding hydrogens is 244 g/mol. The van der Waals surface area contributed by atoms with Gasteiger partial charge in [-0.25, -0.2) is 8.78 Å². The molecule has 2 aromatic rings. The fraction of sp³-hybridized carbons (Fsp3) is 0.250. The maximum absolute atomic E-state index is 13.9. The minimum Gasteiger partial charge on any atom is -0.312 e. The van der Waals surface area contributed by atoms with Gasteiger partial charge in [-0.05, 0) is 54.3 Å². The van der Waals surface area contributed by atoms with E-state index in [-0.39, 0.29) is 0 Å². The number of hydrogen-bond acceptors (Lipinski definition) is 1. The number of nitrogens with one attached hydrogen (secondary N) is 1. The van der Waals surface area contributed by atoms with Crippen LogP contribution in [0, 0.1) is 18.6 Å². The molecule has 0 amide bonds. The third-order valence-corrected chi connectivity index (χ3v) is 3.74. The minimum absolute atomic E-state index is 0.473. The highest BCUT2D eigenvalue weighted by Gasteiger charge is 2.17. The second-order valence-corrected chi connectivity index (χ2v) is 4.94. The van der Waals surface area contributed by atoms with E-state index in [1.165, 1.54) is 23.3 Å². The Morgan fingerprint density at radius 1 is 1.00 bits per heavy atom. The Kier molecular flexibility index (Phi) is 3.07. The van der Waals surface area contributed by atoms with E-state index >= 15 is 0 Å². The quantitative estimate of drug-likeness (QED) is 0.825. The lowest BCUT2D eigenvalue weighted by atomic mass is 9.89. The molecule has 2 aromatic carbocycles. The van der Waals surface area contributed by atoms with Crippen LogP contribution in [0.4, 0.5) is 8.78 Å². The molecule has 3 rings (SSSR count). The summed E-state index contributed by atoms with van der Waals surface area (Å²) in [5.41, 5.74) is 5.01. The van der Waals surface area contributed by atoms with E-state index in [9.17, 15) is 8.78 Å². The first-order chi connectivity index (χ1) is 9.16. The molecule has 0 bridgehead atoms. The fourth-order valence-corrected chi connectivity index (χ4v) is 2.75. The average molecular weight is 259 g/mol. The largest absolute Gasteiger partial charge is 0.312 e. The molecule has 0 atom stereocenters. The van der Waals surface area contributed by atoms with Crippen LogP contribution in [0.1, 0.15) is 16.7 Å². The number of benzene rings is 2. The van der Waals surface area contributed by atoms with Crippen molar-refractivity contribution in [2.24, 2.45) is 0 Å². The Morgan fingerprint density at radius 3 is 2.58 bits per heavy atom. The molecular formula is C16H15F2N. The van der Waals surface area contributed by atoms with Crippen LogP contribution < -0.4 is 5.32 Å². The van der Waals surface area contributed by atoms with E-state index in [0.29, 0.717) is 5.56 Å². The predicted molar refractivity (Wildman–Crippen MR) is 71.9 cm³/mol. The molecule has 0 saturated heterocycles. The highest BCUT2D eigenvalue weighted by molar-refractivity contribution is 5.70. The molecule has 1 aliphatic rings. The Balaban J connectivity index is 2.20. The van der Waals surface area contributed by atoms with Crippen LogP contribution >= 0.6 is 0 Å². The Morgan fingerprint density at radius 2 is 1.79 bits per heavy atom. The predicted octanol–water partition coefficient (Wildman–Crippen LogP) is 3.59. The highest BCUT2D eigenvalue weighted by Crippen LogP contribution is 2.32. The van der Waals surface area contributed by atoms with E-state index < -0.39 is 11.6 Å². The molecule has 0 saturated carbocycles. The second kappa shape index (κ2) is 4.74. The zero-order valence-electron chi connectivity index (χ0n) is 10.8. The van der Waals surface area contributed by atoms with Crippen molar-refractivity contribution in [3.05, 3.63) is 58.7 Å². The van der Waals surface area contributed by atoms with Crippen molar-refractivity contribution < 1.29 is 8.78 Å². The van der Waals surface area contributed by atoms with Gasteiger partial charge in [0, 0.05) is 18.2 Å². The molecule has 1 aliphatic heterocycles. The summed E-state index contributed by atoms with van der Waals surface area (Å²) in [7, 11) is 0. The summed E-state index contributed by atoms with van der Waals surface area (Å²) in [6.45, 7) is 3.77. The van der Waals surface area contributed by atoms with Gasteiger partial charge in [0.1, 0.15) is 11.6 Å². The third-order valence-electron chi connectivity index (χ3n) is 3.74. The molecule has 0 aromatic heterocycles. The molecule has 98 valence electrons. The van der Waals surface area contributed by atoms with Crippen LogP contribution in [0.25, 0.3) is 11.1 Å². The summed E-state index contributed by atoms with van der Waals surface area (Å²) >= 11 is 0. The van der Waals surface area contributed by atoms with Crippen molar-refractivity contribution in [2.75, 3.05) is 6.54 Å². The molecule has 1 nitrogen and oxygen atoms in total. The maximum Gasteiger partial charge on any atom is 0.133 e. The van der Waals surface area contributed by atoms with Gasteiger partial charge in [-0.2, -0.15) is 0 Å². The summed E-state index contributed by atoms with van der Waals surface area (Å²) in [5.74, 6) is -1.04. The highest BCUT2D eigenvalue weighted by atomic mass is 19.1. The zero-order chi connectivity index (χ0) is 13.4. The zero-order valence-corrected chi connectivity index (χ0v) is 10.8. The van der Waals surface area contributed by atoms with Crippen molar-refractivity contribution >= 4 is 0 Å². The molecule has 0 aliphatic carbocycles. The van der Waals surface area contributed by atoms with Crippen LogP contribution in [-0.4, -0.2) is 6.54 Å².